The number of benzene rings is 1. The molecule has 3 nitrogen and oxygen atoms in total. The molecular formula is C10H9NO2S. The molecule has 4 heteroatoms. The molecule has 0 saturated heterocycles. The lowest BCUT2D eigenvalue weighted by Crippen LogP contribution is -2.15. The van der Waals surface area contributed by atoms with E-state index in [-0.39, 0.29) is 0 Å². The largest absolute Gasteiger partial charge is 0.486 e. The molecule has 1 aliphatic rings. The van der Waals surface area contributed by atoms with Crippen LogP contribution in [-0.4, -0.2) is 18.4 Å². The maximum Gasteiger partial charge on any atom is 0.161 e. The molecule has 0 bridgehead atoms. The van der Waals surface area contributed by atoms with Crippen molar-refractivity contribution in [2.24, 2.45) is 4.99 Å². The highest BCUT2D eigenvalue weighted by Gasteiger charge is 2.10. The second-order valence-electron chi connectivity index (χ2n) is 2.89. The van der Waals surface area contributed by atoms with Gasteiger partial charge >= 0.3 is 0 Å². The van der Waals surface area contributed by atoms with Gasteiger partial charge in [-0.3, -0.25) is 0 Å². The fourth-order valence-electron chi connectivity index (χ4n) is 1.31. The standard InChI is InChI=1S/C10H9NO2S/c14-7-11-6-8-1-2-9-10(5-8)13-4-3-12-9/h1-2,5H,3-4,6H2. The molecule has 1 aromatic carbocycles. The van der Waals surface area contributed by atoms with Gasteiger partial charge < -0.3 is 9.47 Å². The Kier molecular flexibility index (Phi) is 2.77. The van der Waals surface area contributed by atoms with Crippen LogP contribution in [0.25, 0.3) is 0 Å². The first-order valence-electron chi connectivity index (χ1n) is 4.32. The molecule has 0 fully saturated rings. The molecule has 72 valence electrons. The Bertz CT molecular complexity index is 386. The van der Waals surface area contributed by atoms with Crippen LogP contribution < -0.4 is 9.47 Å². The maximum atomic E-state index is 5.43. The summed E-state index contributed by atoms with van der Waals surface area (Å²) >= 11 is 4.50. The van der Waals surface area contributed by atoms with E-state index in [1.165, 1.54) is 0 Å². The van der Waals surface area contributed by atoms with Gasteiger partial charge in [0.05, 0.1) is 11.7 Å². The van der Waals surface area contributed by atoms with Crippen molar-refractivity contribution in [2.75, 3.05) is 13.2 Å². The van der Waals surface area contributed by atoms with E-state index in [2.05, 4.69) is 22.4 Å². The molecule has 0 radical (unpaired) electrons. The quantitative estimate of drug-likeness (QED) is 0.549. The summed E-state index contributed by atoms with van der Waals surface area (Å²) in [4.78, 5) is 3.86. The summed E-state index contributed by atoms with van der Waals surface area (Å²) in [5, 5.41) is 2.33. The average Bonchev–Trinajstić information content (AvgIpc) is 2.26. The van der Waals surface area contributed by atoms with Crippen molar-refractivity contribution in [3.63, 3.8) is 0 Å². The highest BCUT2D eigenvalue weighted by molar-refractivity contribution is 7.78. The first-order chi connectivity index (χ1) is 6.90. The van der Waals surface area contributed by atoms with Crippen LogP contribution in [0.3, 0.4) is 0 Å². The molecule has 1 aromatic rings. The van der Waals surface area contributed by atoms with Crippen LogP contribution in [0, 0.1) is 0 Å². The number of aliphatic imine (C=N–C) groups is 1. The SMILES string of the molecule is S=C=NCc1ccc2c(c1)OCCO2. The van der Waals surface area contributed by atoms with Crippen molar-refractivity contribution >= 4 is 17.4 Å². The van der Waals surface area contributed by atoms with E-state index in [1.54, 1.807) is 0 Å². The third-order valence-corrected chi connectivity index (χ3v) is 2.06. The summed E-state index contributed by atoms with van der Waals surface area (Å²) in [6, 6.07) is 5.76. The predicted molar refractivity (Wildman–Crippen MR) is 56.2 cm³/mol. The highest BCUT2D eigenvalue weighted by atomic mass is 32.1. The highest BCUT2D eigenvalue weighted by Crippen LogP contribution is 2.30. The van der Waals surface area contributed by atoms with E-state index in [0.717, 1.165) is 17.1 Å². The zero-order valence-electron chi connectivity index (χ0n) is 7.53. The van der Waals surface area contributed by atoms with Crippen LogP contribution in [0.1, 0.15) is 5.56 Å². The third-order valence-electron chi connectivity index (χ3n) is 1.93. The molecule has 0 aliphatic carbocycles. The lowest BCUT2D eigenvalue weighted by Gasteiger charge is -2.18. The van der Waals surface area contributed by atoms with Crippen LogP contribution in [0.5, 0.6) is 11.5 Å². The smallest absolute Gasteiger partial charge is 0.161 e. The molecule has 0 spiro atoms. The Balaban J connectivity index is 2.24. The lowest BCUT2D eigenvalue weighted by atomic mass is 10.2. The van der Waals surface area contributed by atoms with Gasteiger partial charge in [-0.2, -0.15) is 0 Å². The summed E-state index contributed by atoms with van der Waals surface area (Å²) in [5.74, 6) is 1.58. The third kappa shape index (κ3) is 1.92. The molecular weight excluding hydrogens is 198 g/mol. The van der Waals surface area contributed by atoms with Crippen molar-refractivity contribution in [1.29, 1.82) is 0 Å². The molecule has 0 saturated carbocycles. The van der Waals surface area contributed by atoms with Crippen LogP contribution in [0.4, 0.5) is 0 Å². The fourth-order valence-corrected chi connectivity index (χ4v) is 1.37. The number of nitrogens with zero attached hydrogens (tertiary/aromatic N) is 1. The number of thiocarbonyl (C=S) groups is 1. The van der Waals surface area contributed by atoms with E-state index < -0.39 is 0 Å². The topological polar surface area (TPSA) is 30.8 Å². The van der Waals surface area contributed by atoms with Gasteiger partial charge in [-0.05, 0) is 29.9 Å². The molecule has 0 amide bonds. The Morgan fingerprint density at radius 3 is 2.86 bits per heavy atom. The van der Waals surface area contributed by atoms with Crippen molar-refractivity contribution in [1.82, 2.24) is 0 Å². The molecule has 14 heavy (non-hydrogen) atoms. The van der Waals surface area contributed by atoms with Crippen LogP contribution in [-0.2, 0) is 6.54 Å². The van der Waals surface area contributed by atoms with Crippen molar-refractivity contribution in [2.45, 2.75) is 6.54 Å². The normalized spacial score (nSPS) is 13.1. The number of fused-ring (bicyclic) bond motifs is 1. The Labute approximate surface area is 87.4 Å². The monoisotopic (exact) mass is 207 g/mol. The Morgan fingerprint density at radius 1 is 1.29 bits per heavy atom. The minimum Gasteiger partial charge on any atom is -0.486 e. The maximum absolute atomic E-state index is 5.43. The van der Waals surface area contributed by atoms with Crippen molar-refractivity contribution < 1.29 is 9.47 Å². The van der Waals surface area contributed by atoms with Gasteiger partial charge in [0.15, 0.2) is 11.5 Å². The number of isothiocyanates is 1. The van der Waals surface area contributed by atoms with Crippen LogP contribution in [0.2, 0.25) is 0 Å². The van der Waals surface area contributed by atoms with Gasteiger partial charge in [-0.15, -0.1) is 0 Å². The van der Waals surface area contributed by atoms with Gasteiger partial charge in [0, 0.05) is 0 Å². The number of hydrogen-bond acceptors (Lipinski definition) is 4. The van der Waals surface area contributed by atoms with Gasteiger partial charge in [-0.1, -0.05) is 6.07 Å². The second-order valence-corrected chi connectivity index (χ2v) is 3.07. The Morgan fingerprint density at radius 2 is 2.07 bits per heavy atom. The summed E-state index contributed by atoms with van der Waals surface area (Å²) in [6.07, 6.45) is 0. The summed E-state index contributed by atoms with van der Waals surface area (Å²) in [6.45, 7) is 1.76. The number of rotatable bonds is 2. The fraction of sp³-hybridized carbons (Fsp3) is 0.300. The second kappa shape index (κ2) is 4.22. The zero-order chi connectivity index (χ0) is 9.80. The first kappa shape index (κ1) is 9.19. The predicted octanol–water partition coefficient (Wildman–Crippen LogP) is 2.06. The molecule has 0 aromatic heterocycles. The molecule has 0 atom stereocenters. The first-order valence-corrected chi connectivity index (χ1v) is 4.73. The number of ether oxygens (including phenoxy) is 2. The molecule has 1 heterocycles. The van der Waals surface area contributed by atoms with E-state index in [0.29, 0.717) is 19.8 Å². The van der Waals surface area contributed by atoms with Crippen molar-refractivity contribution in [3.8, 4) is 11.5 Å². The van der Waals surface area contributed by atoms with E-state index in [4.69, 9.17) is 9.47 Å². The molecule has 1 aliphatic heterocycles. The molecule has 0 N–H and O–H groups in total. The van der Waals surface area contributed by atoms with Crippen LogP contribution in [0.15, 0.2) is 23.2 Å². The zero-order valence-corrected chi connectivity index (χ0v) is 8.34. The average molecular weight is 207 g/mol. The number of hydrogen-bond donors (Lipinski definition) is 0. The van der Waals surface area contributed by atoms with Gasteiger partial charge in [0.1, 0.15) is 13.2 Å². The minimum atomic E-state index is 0.542. The summed E-state index contributed by atoms with van der Waals surface area (Å²) < 4.78 is 10.8. The Hall–Kier alpha value is -1.38. The lowest BCUT2D eigenvalue weighted by molar-refractivity contribution is 0.171. The van der Waals surface area contributed by atoms with Crippen LogP contribution >= 0.6 is 12.2 Å². The molecule has 2 rings (SSSR count). The molecule has 0 unspecified atom stereocenters. The van der Waals surface area contributed by atoms with E-state index >= 15 is 0 Å². The summed E-state index contributed by atoms with van der Waals surface area (Å²) in [5.41, 5.74) is 1.05. The van der Waals surface area contributed by atoms with Gasteiger partial charge in [0.25, 0.3) is 0 Å². The van der Waals surface area contributed by atoms with Gasteiger partial charge in [0.2, 0.25) is 0 Å². The van der Waals surface area contributed by atoms with E-state index in [9.17, 15) is 0 Å². The van der Waals surface area contributed by atoms with E-state index in [1.807, 2.05) is 18.2 Å². The van der Waals surface area contributed by atoms with Crippen molar-refractivity contribution in [3.05, 3.63) is 23.8 Å². The minimum absolute atomic E-state index is 0.542. The summed E-state index contributed by atoms with van der Waals surface area (Å²) in [7, 11) is 0. The van der Waals surface area contributed by atoms with Gasteiger partial charge in [-0.25, -0.2) is 4.99 Å².